The summed E-state index contributed by atoms with van der Waals surface area (Å²) < 4.78 is 2.09. The lowest BCUT2D eigenvalue weighted by atomic mass is 10.1. The van der Waals surface area contributed by atoms with E-state index in [-0.39, 0.29) is 17.9 Å². The summed E-state index contributed by atoms with van der Waals surface area (Å²) >= 11 is 2.94. The van der Waals surface area contributed by atoms with Crippen molar-refractivity contribution < 1.29 is 9.59 Å². The zero-order chi connectivity index (χ0) is 23.9. The third-order valence-corrected chi connectivity index (χ3v) is 7.22. The van der Waals surface area contributed by atoms with Crippen molar-refractivity contribution in [2.45, 2.75) is 39.4 Å². The average Bonchev–Trinajstić information content (AvgIpc) is 3.62. The molecule has 1 atom stereocenters. The third kappa shape index (κ3) is 5.81. The Balaban J connectivity index is 1.41. The van der Waals surface area contributed by atoms with Crippen LogP contribution in [0.1, 0.15) is 62.7 Å². The van der Waals surface area contributed by atoms with Crippen molar-refractivity contribution in [3.05, 3.63) is 98.4 Å². The van der Waals surface area contributed by atoms with Gasteiger partial charge < -0.3 is 14.8 Å². The monoisotopic (exact) mass is 492 g/mol. The van der Waals surface area contributed by atoms with Crippen LogP contribution in [0.4, 0.5) is 0 Å². The summed E-state index contributed by atoms with van der Waals surface area (Å²) in [5.41, 5.74) is 2.52. The molecule has 0 saturated heterocycles. The second-order valence-electron chi connectivity index (χ2n) is 8.06. The van der Waals surface area contributed by atoms with Gasteiger partial charge in [0.25, 0.3) is 11.8 Å². The highest BCUT2D eigenvalue weighted by Gasteiger charge is 2.19. The number of nitrogens with zero attached hydrogens (tertiary/aromatic N) is 3. The lowest BCUT2D eigenvalue weighted by Crippen LogP contribution is -2.31. The Kier molecular flexibility index (Phi) is 7.92. The molecule has 4 rings (SSSR count). The zero-order valence-electron chi connectivity index (χ0n) is 19.3. The predicted molar refractivity (Wildman–Crippen MR) is 137 cm³/mol. The minimum atomic E-state index is -0.178. The zero-order valence-corrected chi connectivity index (χ0v) is 20.9. The Bertz CT molecular complexity index is 1210. The van der Waals surface area contributed by atoms with Crippen molar-refractivity contribution in [1.29, 1.82) is 0 Å². The van der Waals surface area contributed by atoms with Gasteiger partial charge >= 0.3 is 0 Å². The van der Waals surface area contributed by atoms with Gasteiger partial charge in [-0.05, 0) is 42.5 Å². The quantitative estimate of drug-likeness (QED) is 0.313. The molecular formula is C26H28N4O2S2. The standard InChI is InChI=1S/C26H28N4O2S2/c1-3-13-30(26(32)23-12-8-15-33-23)16-21-11-7-14-29(21)17-24-28-22(18-34-24)25(31)27-19(2)20-9-5-4-6-10-20/h4-12,14-15,18-19H,3,13,16-17H2,1-2H3,(H,27,31). The number of carbonyl (C=O) groups is 2. The smallest absolute Gasteiger partial charge is 0.271 e. The summed E-state index contributed by atoms with van der Waals surface area (Å²) in [6.45, 7) is 5.83. The van der Waals surface area contributed by atoms with E-state index >= 15 is 0 Å². The molecule has 1 N–H and O–H groups in total. The molecule has 3 heterocycles. The fourth-order valence-corrected chi connectivity index (χ4v) is 5.21. The van der Waals surface area contributed by atoms with Crippen molar-refractivity contribution in [1.82, 2.24) is 19.8 Å². The summed E-state index contributed by atoms with van der Waals surface area (Å²) in [7, 11) is 0. The highest BCUT2D eigenvalue weighted by atomic mass is 32.1. The fraction of sp³-hybridized carbons (Fsp3) is 0.269. The molecule has 0 spiro atoms. The van der Waals surface area contributed by atoms with Crippen LogP contribution in [0, 0.1) is 0 Å². The number of thiazole rings is 1. The topological polar surface area (TPSA) is 67.2 Å². The number of benzene rings is 1. The number of thiophene rings is 1. The van der Waals surface area contributed by atoms with Crippen LogP contribution in [-0.2, 0) is 13.1 Å². The maximum absolute atomic E-state index is 12.9. The van der Waals surface area contributed by atoms with Crippen molar-refractivity contribution in [2.24, 2.45) is 0 Å². The van der Waals surface area contributed by atoms with Crippen molar-refractivity contribution >= 4 is 34.5 Å². The van der Waals surface area contributed by atoms with Gasteiger partial charge in [0.2, 0.25) is 0 Å². The first-order valence-electron chi connectivity index (χ1n) is 11.3. The van der Waals surface area contributed by atoms with E-state index in [1.165, 1.54) is 22.7 Å². The maximum atomic E-state index is 12.9. The Morgan fingerprint density at radius 1 is 1.09 bits per heavy atom. The first-order chi connectivity index (χ1) is 16.5. The second-order valence-corrected chi connectivity index (χ2v) is 9.95. The van der Waals surface area contributed by atoms with Crippen LogP contribution >= 0.6 is 22.7 Å². The molecule has 0 bridgehead atoms. The molecule has 0 aliphatic heterocycles. The van der Waals surface area contributed by atoms with E-state index < -0.39 is 0 Å². The Hall–Kier alpha value is -3.23. The minimum Gasteiger partial charge on any atom is -0.344 e. The number of hydrogen-bond acceptors (Lipinski definition) is 5. The van der Waals surface area contributed by atoms with E-state index in [4.69, 9.17) is 0 Å². The summed E-state index contributed by atoms with van der Waals surface area (Å²) in [4.78, 5) is 32.9. The summed E-state index contributed by atoms with van der Waals surface area (Å²) in [6, 6.07) is 17.6. The van der Waals surface area contributed by atoms with Crippen LogP contribution in [0.25, 0.3) is 0 Å². The van der Waals surface area contributed by atoms with Gasteiger partial charge in [-0.25, -0.2) is 4.98 Å². The first kappa shape index (κ1) is 23.9. The molecular weight excluding hydrogens is 464 g/mol. The van der Waals surface area contributed by atoms with E-state index in [0.717, 1.165) is 27.6 Å². The highest BCUT2D eigenvalue weighted by Crippen LogP contribution is 2.19. The number of nitrogens with one attached hydrogen (secondary N) is 1. The van der Waals surface area contributed by atoms with Gasteiger partial charge in [0.05, 0.1) is 24.0 Å². The summed E-state index contributed by atoms with van der Waals surface area (Å²) in [5.74, 6) is -0.118. The Labute approximate surface area is 207 Å². The van der Waals surface area contributed by atoms with E-state index in [9.17, 15) is 9.59 Å². The largest absolute Gasteiger partial charge is 0.344 e. The van der Waals surface area contributed by atoms with Crippen LogP contribution in [0.15, 0.2) is 71.6 Å². The van der Waals surface area contributed by atoms with Gasteiger partial charge in [-0.1, -0.05) is 43.3 Å². The van der Waals surface area contributed by atoms with Crippen molar-refractivity contribution in [3.63, 3.8) is 0 Å². The molecule has 8 heteroatoms. The molecule has 34 heavy (non-hydrogen) atoms. The van der Waals surface area contributed by atoms with Crippen LogP contribution in [0.3, 0.4) is 0 Å². The molecule has 0 aliphatic rings. The van der Waals surface area contributed by atoms with E-state index in [2.05, 4.69) is 21.8 Å². The van der Waals surface area contributed by atoms with Crippen LogP contribution in [-0.4, -0.2) is 32.8 Å². The van der Waals surface area contributed by atoms with Crippen molar-refractivity contribution in [3.8, 4) is 0 Å². The molecule has 6 nitrogen and oxygen atoms in total. The number of carbonyl (C=O) groups excluding carboxylic acids is 2. The van der Waals surface area contributed by atoms with Gasteiger partial charge in [-0.15, -0.1) is 22.7 Å². The minimum absolute atomic E-state index is 0.0605. The van der Waals surface area contributed by atoms with Crippen LogP contribution < -0.4 is 5.32 Å². The summed E-state index contributed by atoms with van der Waals surface area (Å²) in [6.07, 6.45) is 2.89. The predicted octanol–water partition coefficient (Wildman–Crippen LogP) is 5.60. The molecule has 0 radical (unpaired) electrons. The fourth-order valence-electron chi connectivity index (χ4n) is 3.75. The average molecular weight is 493 g/mol. The number of aromatic nitrogens is 2. The van der Waals surface area contributed by atoms with Gasteiger partial charge in [-0.2, -0.15) is 0 Å². The number of amides is 2. The van der Waals surface area contributed by atoms with E-state index in [1.54, 1.807) is 5.38 Å². The van der Waals surface area contributed by atoms with Gasteiger partial charge in [0.15, 0.2) is 0 Å². The van der Waals surface area contributed by atoms with Crippen molar-refractivity contribution in [2.75, 3.05) is 6.54 Å². The lowest BCUT2D eigenvalue weighted by Gasteiger charge is -2.22. The molecule has 0 aliphatic carbocycles. The first-order valence-corrected chi connectivity index (χ1v) is 13.1. The second kappa shape index (κ2) is 11.3. The normalized spacial score (nSPS) is 11.8. The Morgan fingerprint density at radius 3 is 2.65 bits per heavy atom. The molecule has 1 unspecified atom stereocenters. The van der Waals surface area contributed by atoms with Gasteiger partial charge in [0.1, 0.15) is 10.7 Å². The molecule has 0 saturated carbocycles. The number of hydrogen-bond donors (Lipinski definition) is 1. The SMILES string of the molecule is CCCN(Cc1cccn1Cc1nc(C(=O)NC(C)c2ccccc2)cs1)C(=O)c1cccs1. The molecule has 1 aromatic carbocycles. The van der Waals surface area contributed by atoms with E-state index in [0.29, 0.717) is 25.3 Å². The molecule has 176 valence electrons. The highest BCUT2D eigenvalue weighted by molar-refractivity contribution is 7.12. The van der Waals surface area contributed by atoms with E-state index in [1.807, 2.05) is 78.0 Å². The van der Waals surface area contributed by atoms with Crippen LogP contribution in [0.5, 0.6) is 0 Å². The van der Waals surface area contributed by atoms with Gasteiger partial charge in [0, 0.05) is 23.8 Å². The Morgan fingerprint density at radius 2 is 1.91 bits per heavy atom. The molecule has 2 amide bonds. The van der Waals surface area contributed by atoms with Crippen LogP contribution in [0.2, 0.25) is 0 Å². The summed E-state index contributed by atoms with van der Waals surface area (Å²) in [5, 5.41) is 7.59. The third-order valence-electron chi connectivity index (χ3n) is 5.53. The van der Waals surface area contributed by atoms with Gasteiger partial charge in [-0.3, -0.25) is 9.59 Å². The maximum Gasteiger partial charge on any atom is 0.271 e. The number of rotatable bonds is 10. The molecule has 0 fully saturated rings. The molecule has 4 aromatic rings. The lowest BCUT2D eigenvalue weighted by molar-refractivity contribution is 0.0744. The molecule has 3 aromatic heterocycles.